The monoisotopic (exact) mass is 408 g/mol. The largest absolute Gasteiger partial charge is 0.481 e. The van der Waals surface area contributed by atoms with E-state index in [1.807, 2.05) is 25.1 Å². The van der Waals surface area contributed by atoms with E-state index in [0.717, 1.165) is 11.1 Å². The van der Waals surface area contributed by atoms with Crippen molar-refractivity contribution < 1.29 is 19.4 Å². The molecule has 0 unspecified atom stereocenters. The zero-order valence-electron chi connectivity index (χ0n) is 17.2. The SMILES string of the molecule is CCc1cc(N2CCOc3ncnc(N)c3C2=O)ccc1C#CC(C)(C)CC(=O)O. The summed E-state index contributed by atoms with van der Waals surface area (Å²) in [6.07, 6.45) is 1.94. The second-order valence-electron chi connectivity index (χ2n) is 7.64. The molecule has 1 aliphatic heterocycles. The number of nitrogens with two attached hydrogens (primary N) is 1. The zero-order valence-corrected chi connectivity index (χ0v) is 17.2. The van der Waals surface area contributed by atoms with Gasteiger partial charge in [0.05, 0.1) is 13.0 Å². The maximum absolute atomic E-state index is 13.1. The zero-order chi connectivity index (χ0) is 21.9. The molecule has 0 bridgehead atoms. The minimum absolute atomic E-state index is 0.0370. The predicted molar refractivity (Wildman–Crippen MR) is 112 cm³/mol. The molecule has 0 aliphatic carbocycles. The first kappa shape index (κ1) is 21.1. The Morgan fingerprint density at radius 3 is 2.83 bits per heavy atom. The van der Waals surface area contributed by atoms with Crippen molar-refractivity contribution in [1.82, 2.24) is 9.97 Å². The molecule has 30 heavy (non-hydrogen) atoms. The Morgan fingerprint density at radius 1 is 1.37 bits per heavy atom. The lowest BCUT2D eigenvalue weighted by atomic mass is 9.89. The molecule has 0 atom stereocenters. The van der Waals surface area contributed by atoms with E-state index in [-0.39, 0.29) is 36.2 Å². The van der Waals surface area contributed by atoms with E-state index >= 15 is 0 Å². The van der Waals surface area contributed by atoms with E-state index in [0.29, 0.717) is 18.7 Å². The summed E-state index contributed by atoms with van der Waals surface area (Å²) < 4.78 is 5.58. The lowest BCUT2D eigenvalue weighted by molar-refractivity contribution is -0.138. The van der Waals surface area contributed by atoms with Gasteiger partial charge in [0.15, 0.2) is 0 Å². The molecule has 0 radical (unpaired) electrons. The minimum Gasteiger partial charge on any atom is -0.481 e. The molecule has 1 aromatic heterocycles. The molecule has 8 nitrogen and oxygen atoms in total. The third-order valence-electron chi connectivity index (χ3n) is 4.76. The number of anilines is 2. The molecule has 0 saturated carbocycles. The van der Waals surface area contributed by atoms with Gasteiger partial charge >= 0.3 is 5.97 Å². The second kappa shape index (κ2) is 8.41. The van der Waals surface area contributed by atoms with Crippen LogP contribution in [0.3, 0.4) is 0 Å². The maximum atomic E-state index is 13.1. The Morgan fingerprint density at radius 2 is 2.13 bits per heavy atom. The van der Waals surface area contributed by atoms with Crippen molar-refractivity contribution in [3.63, 3.8) is 0 Å². The lowest BCUT2D eigenvalue weighted by Gasteiger charge is -2.21. The number of ether oxygens (including phenoxy) is 1. The van der Waals surface area contributed by atoms with E-state index < -0.39 is 11.4 Å². The number of aliphatic carboxylic acids is 1. The first-order valence-corrected chi connectivity index (χ1v) is 9.65. The fraction of sp³-hybridized carbons (Fsp3) is 0.364. The fourth-order valence-electron chi connectivity index (χ4n) is 3.23. The summed E-state index contributed by atoms with van der Waals surface area (Å²) in [7, 11) is 0. The van der Waals surface area contributed by atoms with Gasteiger partial charge < -0.3 is 20.5 Å². The van der Waals surface area contributed by atoms with Gasteiger partial charge in [0.25, 0.3) is 5.91 Å². The van der Waals surface area contributed by atoms with Gasteiger partial charge in [-0.25, -0.2) is 9.97 Å². The molecule has 0 saturated heterocycles. The number of aromatic nitrogens is 2. The molecule has 2 heterocycles. The van der Waals surface area contributed by atoms with Crippen LogP contribution < -0.4 is 15.4 Å². The van der Waals surface area contributed by atoms with Crippen molar-refractivity contribution in [2.24, 2.45) is 5.41 Å². The van der Waals surface area contributed by atoms with E-state index in [4.69, 9.17) is 15.6 Å². The number of hydrogen-bond acceptors (Lipinski definition) is 6. The number of nitrogens with zero attached hydrogens (tertiary/aromatic N) is 3. The predicted octanol–water partition coefficient (Wildman–Crippen LogP) is 2.51. The number of rotatable bonds is 4. The normalized spacial score (nSPS) is 13.6. The third kappa shape index (κ3) is 4.51. The number of carboxylic acid groups (broad SMARTS) is 1. The van der Waals surface area contributed by atoms with Crippen LogP contribution >= 0.6 is 0 Å². The molecule has 1 aliphatic rings. The number of fused-ring (bicyclic) bond motifs is 1. The van der Waals surface area contributed by atoms with Crippen LogP contribution in [0.5, 0.6) is 5.88 Å². The Kier molecular flexibility index (Phi) is 5.92. The number of nitrogen functional groups attached to an aromatic ring is 1. The van der Waals surface area contributed by atoms with Crippen molar-refractivity contribution in [2.75, 3.05) is 23.8 Å². The molecule has 2 aromatic rings. The Bertz CT molecular complexity index is 1050. The average Bonchev–Trinajstić information content (AvgIpc) is 2.85. The van der Waals surface area contributed by atoms with Crippen LogP contribution in [0.15, 0.2) is 24.5 Å². The van der Waals surface area contributed by atoms with Crippen LogP contribution in [0.25, 0.3) is 0 Å². The number of hydrogen-bond donors (Lipinski definition) is 2. The molecule has 1 amide bonds. The summed E-state index contributed by atoms with van der Waals surface area (Å²) in [4.78, 5) is 33.6. The summed E-state index contributed by atoms with van der Waals surface area (Å²) in [5.74, 6) is 5.23. The number of carbonyl (C=O) groups excluding carboxylic acids is 1. The van der Waals surface area contributed by atoms with Gasteiger partial charge in [-0.05, 0) is 44.0 Å². The Balaban J connectivity index is 1.94. The van der Waals surface area contributed by atoms with E-state index in [9.17, 15) is 9.59 Å². The summed E-state index contributed by atoms with van der Waals surface area (Å²) in [5, 5.41) is 9.03. The quantitative estimate of drug-likeness (QED) is 0.746. The molecule has 0 fully saturated rings. The summed E-state index contributed by atoms with van der Waals surface area (Å²) in [5.41, 5.74) is 7.88. The number of carboxylic acids is 1. The van der Waals surface area contributed by atoms with Crippen molar-refractivity contribution in [1.29, 1.82) is 0 Å². The summed E-state index contributed by atoms with van der Waals surface area (Å²) in [6, 6.07) is 5.58. The number of benzene rings is 1. The molecule has 8 heteroatoms. The topological polar surface area (TPSA) is 119 Å². The third-order valence-corrected chi connectivity index (χ3v) is 4.76. The van der Waals surface area contributed by atoms with Crippen LogP contribution in [0.4, 0.5) is 11.5 Å². The van der Waals surface area contributed by atoms with Crippen molar-refractivity contribution >= 4 is 23.4 Å². The molecular formula is C22H24N4O4. The molecule has 3 N–H and O–H groups in total. The summed E-state index contributed by atoms with van der Waals surface area (Å²) >= 11 is 0. The van der Waals surface area contributed by atoms with Gasteiger partial charge in [-0.2, -0.15) is 0 Å². The Hall–Kier alpha value is -3.60. The fourth-order valence-corrected chi connectivity index (χ4v) is 3.23. The van der Waals surface area contributed by atoms with Gasteiger partial charge in [-0.15, -0.1) is 0 Å². The Labute approximate surface area is 175 Å². The van der Waals surface area contributed by atoms with Gasteiger partial charge in [-0.1, -0.05) is 18.8 Å². The average molecular weight is 408 g/mol. The van der Waals surface area contributed by atoms with Crippen LogP contribution in [0.1, 0.15) is 48.7 Å². The van der Waals surface area contributed by atoms with Gasteiger partial charge in [0.2, 0.25) is 5.88 Å². The lowest BCUT2D eigenvalue weighted by Crippen LogP contribution is -2.32. The van der Waals surface area contributed by atoms with E-state index in [1.54, 1.807) is 18.7 Å². The number of aryl methyl sites for hydroxylation is 1. The van der Waals surface area contributed by atoms with Crippen LogP contribution in [-0.2, 0) is 11.2 Å². The van der Waals surface area contributed by atoms with Crippen LogP contribution in [-0.4, -0.2) is 40.1 Å². The van der Waals surface area contributed by atoms with E-state index in [1.165, 1.54) is 6.33 Å². The van der Waals surface area contributed by atoms with Gasteiger partial charge in [0, 0.05) is 16.7 Å². The molecule has 0 spiro atoms. The highest BCUT2D eigenvalue weighted by atomic mass is 16.5. The maximum Gasteiger partial charge on any atom is 0.304 e. The molecule has 1 aromatic carbocycles. The first-order chi connectivity index (χ1) is 14.2. The highest BCUT2D eigenvalue weighted by molar-refractivity contribution is 6.10. The smallest absolute Gasteiger partial charge is 0.304 e. The highest BCUT2D eigenvalue weighted by Gasteiger charge is 2.29. The van der Waals surface area contributed by atoms with Crippen molar-refractivity contribution in [3.05, 3.63) is 41.2 Å². The summed E-state index contributed by atoms with van der Waals surface area (Å²) in [6.45, 7) is 6.22. The first-order valence-electron chi connectivity index (χ1n) is 9.65. The van der Waals surface area contributed by atoms with Crippen molar-refractivity contribution in [3.8, 4) is 17.7 Å². The van der Waals surface area contributed by atoms with Crippen molar-refractivity contribution in [2.45, 2.75) is 33.6 Å². The molecule has 3 rings (SSSR count). The van der Waals surface area contributed by atoms with E-state index in [2.05, 4.69) is 21.8 Å². The van der Waals surface area contributed by atoms with Crippen LogP contribution in [0.2, 0.25) is 0 Å². The molecular weight excluding hydrogens is 384 g/mol. The second-order valence-corrected chi connectivity index (χ2v) is 7.64. The number of carbonyl (C=O) groups is 2. The number of amides is 1. The van der Waals surface area contributed by atoms with Gasteiger partial charge in [0.1, 0.15) is 24.3 Å². The van der Waals surface area contributed by atoms with Crippen LogP contribution in [0, 0.1) is 17.3 Å². The molecule has 156 valence electrons. The standard InChI is InChI=1S/C22H24N4O4/c1-4-14-11-16(6-5-15(14)7-8-22(2,3)12-17(27)28)26-9-10-30-20-18(21(26)29)19(23)24-13-25-20/h5-6,11,13H,4,9-10,12H2,1-3H3,(H,27,28)(H2,23,24,25). The highest BCUT2D eigenvalue weighted by Crippen LogP contribution is 2.29. The minimum atomic E-state index is -0.884. The van der Waals surface area contributed by atoms with Gasteiger partial charge in [-0.3, -0.25) is 9.59 Å².